The lowest BCUT2D eigenvalue weighted by molar-refractivity contribution is 0.206. The van der Waals surface area contributed by atoms with Gasteiger partial charge in [-0.05, 0) is 67.0 Å². The summed E-state index contributed by atoms with van der Waals surface area (Å²) in [5.74, 6) is 1.07. The van der Waals surface area contributed by atoms with Crippen LogP contribution in [0.15, 0.2) is 24.3 Å². The molecule has 1 unspecified atom stereocenters. The van der Waals surface area contributed by atoms with Crippen molar-refractivity contribution in [3.05, 3.63) is 29.8 Å². The third-order valence-corrected chi connectivity index (χ3v) is 4.03. The van der Waals surface area contributed by atoms with Gasteiger partial charge in [0.2, 0.25) is 0 Å². The van der Waals surface area contributed by atoms with Gasteiger partial charge in [0.15, 0.2) is 0 Å². The van der Waals surface area contributed by atoms with Gasteiger partial charge < -0.3 is 9.66 Å². The molecule has 100 valence electrons. The minimum atomic E-state index is -1.97. The molecule has 1 aliphatic heterocycles. The summed E-state index contributed by atoms with van der Waals surface area (Å²) in [4.78, 5) is 1.98. The number of piperidine rings is 1. The van der Waals surface area contributed by atoms with Crippen molar-refractivity contribution in [1.82, 2.24) is 4.90 Å². The van der Waals surface area contributed by atoms with E-state index in [1.807, 2.05) is 17.0 Å². The molecule has 2 rings (SSSR count). The molecule has 0 saturated carbocycles. The molecule has 5 heteroatoms. The summed E-state index contributed by atoms with van der Waals surface area (Å²) in [6.45, 7) is 1.72. The van der Waals surface area contributed by atoms with Crippen LogP contribution in [0.4, 0.5) is 0 Å². The van der Waals surface area contributed by atoms with Crippen molar-refractivity contribution in [3.8, 4) is 5.75 Å². The summed E-state index contributed by atoms with van der Waals surface area (Å²) in [5.41, 5.74) is 1.23. The van der Waals surface area contributed by atoms with Crippen molar-refractivity contribution in [2.75, 3.05) is 19.0 Å². The molecule has 4 nitrogen and oxygen atoms in total. The Morgan fingerprint density at radius 3 is 2.44 bits per heavy atom. The van der Waals surface area contributed by atoms with Crippen LogP contribution in [0.1, 0.15) is 18.4 Å². The Morgan fingerprint density at radius 2 is 1.89 bits per heavy atom. The van der Waals surface area contributed by atoms with E-state index in [-0.39, 0.29) is 5.88 Å². The summed E-state index contributed by atoms with van der Waals surface area (Å²) < 4.78 is 21.2. The van der Waals surface area contributed by atoms with Crippen LogP contribution in [0.5, 0.6) is 5.75 Å². The number of hydrogen-bond acceptors (Lipinski definition) is 4. The minimum absolute atomic E-state index is 0.159. The maximum atomic E-state index is 10.6. The van der Waals surface area contributed by atoms with Crippen molar-refractivity contribution in [2.24, 2.45) is 5.92 Å². The zero-order valence-electron chi connectivity index (χ0n) is 10.2. The second-order valence-electron chi connectivity index (χ2n) is 4.86. The monoisotopic (exact) mass is 268 g/mol. The van der Waals surface area contributed by atoms with E-state index in [1.54, 1.807) is 12.1 Å². The Hall–Kier alpha value is -0.910. The fourth-order valence-electron chi connectivity index (χ4n) is 2.43. The summed E-state index contributed by atoms with van der Waals surface area (Å²) in [5, 5.41) is 9.22. The fourth-order valence-corrected chi connectivity index (χ4v) is 2.99. The molecular formula is C13H18NO3S-. The predicted octanol–water partition coefficient (Wildman–Crippen LogP) is 1.48. The highest BCUT2D eigenvalue weighted by atomic mass is 32.2. The first kappa shape index (κ1) is 13.5. The third-order valence-electron chi connectivity index (χ3n) is 3.46. The number of phenols is 1. The summed E-state index contributed by atoms with van der Waals surface area (Å²) in [6, 6.07) is 7.33. The molecule has 1 saturated heterocycles. The van der Waals surface area contributed by atoms with Crippen molar-refractivity contribution in [3.63, 3.8) is 0 Å². The van der Waals surface area contributed by atoms with Gasteiger partial charge in [-0.3, -0.25) is 9.11 Å². The van der Waals surface area contributed by atoms with Crippen molar-refractivity contribution in [2.45, 2.75) is 19.3 Å². The number of aromatic hydroxyl groups is 1. The highest BCUT2D eigenvalue weighted by Crippen LogP contribution is 2.22. The minimum Gasteiger partial charge on any atom is -0.771 e. The van der Waals surface area contributed by atoms with E-state index in [0.717, 1.165) is 32.4 Å². The van der Waals surface area contributed by atoms with Crippen LogP contribution < -0.4 is 0 Å². The standard InChI is InChI=1S/C13H19NO3S/c15-13-3-1-11(2-4-13)9-12-5-7-14(8-6-12)10-18(16)17/h1-4,12,15H,5-10H2,(H,16,17)/p-1. The van der Waals surface area contributed by atoms with Crippen LogP contribution in [0, 0.1) is 5.92 Å². The molecule has 1 atom stereocenters. The molecule has 1 N–H and O–H groups in total. The second-order valence-corrected chi connectivity index (χ2v) is 5.73. The van der Waals surface area contributed by atoms with E-state index in [4.69, 9.17) is 0 Å². The smallest absolute Gasteiger partial charge is 0.115 e. The fraction of sp³-hybridized carbons (Fsp3) is 0.538. The molecule has 1 aromatic carbocycles. The summed E-state index contributed by atoms with van der Waals surface area (Å²) in [7, 11) is 0. The molecule has 0 radical (unpaired) electrons. The number of phenolic OH excluding ortho intramolecular Hbond substituents is 1. The summed E-state index contributed by atoms with van der Waals surface area (Å²) in [6.07, 6.45) is 3.09. The van der Waals surface area contributed by atoms with Crippen LogP contribution in [-0.4, -0.2) is 37.7 Å². The van der Waals surface area contributed by atoms with Crippen LogP contribution >= 0.6 is 0 Å². The van der Waals surface area contributed by atoms with E-state index in [9.17, 15) is 13.9 Å². The van der Waals surface area contributed by atoms with Gasteiger partial charge in [-0.1, -0.05) is 12.1 Å². The number of hydrogen-bond donors (Lipinski definition) is 1. The number of likely N-dealkylation sites (tertiary alicyclic amines) is 1. The molecule has 1 aromatic rings. The lowest BCUT2D eigenvalue weighted by Crippen LogP contribution is -2.36. The first-order valence-electron chi connectivity index (χ1n) is 6.19. The molecule has 0 aliphatic carbocycles. The Bertz CT molecular complexity index is 399. The number of benzene rings is 1. The Balaban J connectivity index is 1.79. The van der Waals surface area contributed by atoms with Crippen LogP contribution in [0.25, 0.3) is 0 Å². The quantitative estimate of drug-likeness (QED) is 0.840. The van der Waals surface area contributed by atoms with Crippen LogP contribution in [0.3, 0.4) is 0 Å². The van der Waals surface area contributed by atoms with E-state index in [0.29, 0.717) is 11.7 Å². The molecule has 0 amide bonds. The average molecular weight is 268 g/mol. The maximum Gasteiger partial charge on any atom is 0.115 e. The topological polar surface area (TPSA) is 63.6 Å². The zero-order chi connectivity index (χ0) is 13.0. The van der Waals surface area contributed by atoms with Crippen molar-refractivity contribution in [1.29, 1.82) is 0 Å². The van der Waals surface area contributed by atoms with Gasteiger partial charge in [-0.2, -0.15) is 0 Å². The first-order chi connectivity index (χ1) is 8.63. The SMILES string of the molecule is O=S([O-])CN1CCC(Cc2ccc(O)cc2)CC1. The maximum absolute atomic E-state index is 10.6. The van der Waals surface area contributed by atoms with Crippen LogP contribution in [-0.2, 0) is 17.5 Å². The predicted molar refractivity (Wildman–Crippen MR) is 69.9 cm³/mol. The van der Waals surface area contributed by atoms with Gasteiger partial charge in [-0.15, -0.1) is 0 Å². The molecule has 18 heavy (non-hydrogen) atoms. The highest BCUT2D eigenvalue weighted by molar-refractivity contribution is 7.79. The van der Waals surface area contributed by atoms with Gasteiger partial charge in [0.25, 0.3) is 0 Å². The normalized spacial score (nSPS) is 19.8. The van der Waals surface area contributed by atoms with Gasteiger partial charge >= 0.3 is 0 Å². The van der Waals surface area contributed by atoms with Crippen molar-refractivity contribution >= 4 is 11.1 Å². The average Bonchev–Trinajstić information content (AvgIpc) is 2.34. The lowest BCUT2D eigenvalue weighted by atomic mass is 9.90. The third kappa shape index (κ3) is 4.08. The van der Waals surface area contributed by atoms with E-state index >= 15 is 0 Å². The molecular weight excluding hydrogens is 250 g/mol. The first-order valence-corrected chi connectivity index (χ1v) is 7.44. The molecule has 1 fully saturated rings. The van der Waals surface area contributed by atoms with Crippen molar-refractivity contribution < 1.29 is 13.9 Å². The Labute approximate surface area is 110 Å². The summed E-state index contributed by atoms with van der Waals surface area (Å²) >= 11 is -1.97. The molecule has 1 heterocycles. The highest BCUT2D eigenvalue weighted by Gasteiger charge is 2.19. The van der Waals surface area contributed by atoms with E-state index in [2.05, 4.69) is 0 Å². The Kier molecular flexibility index (Phi) is 4.74. The largest absolute Gasteiger partial charge is 0.771 e. The van der Waals surface area contributed by atoms with E-state index in [1.165, 1.54) is 5.56 Å². The van der Waals surface area contributed by atoms with E-state index < -0.39 is 11.1 Å². The molecule has 0 spiro atoms. The van der Waals surface area contributed by atoms with Gasteiger partial charge in [0.1, 0.15) is 5.75 Å². The van der Waals surface area contributed by atoms with Gasteiger partial charge in [0, 0.05) is 0 Å². The number of nitrogens with zero attached hydrogens (tertiary/aromatic N) is 1. The lowest BCUT2D eigenvalue weighted by Gasteiger charge is -2.32. The molecule has 0 bridgehead atoms. The number of rotatable bonds is 4. The van der Waals surface area contributed by atoms with Crippen LogP contribution in [0.2, 0.25) is 0 Å². The van der Waals surface area contributed by atoms with Gasteiger partial charge in [-0.25, -0.2) is 0 Å². The second kappa shape index (κ2) is 6.31. The molecule has 1 aliphatic rings. The Morgan fingerprint density at radius 1 is 1.28 bits per heavy atom. The van der Waals surface area contributed by atoms with Gasteiger partial charge in [0.05, 0.1) is 5.88 Å². The zero-order valence-corrected chi connectivity index (χ0v) is 11.1. The molecule has 0 aromatic heterocycles.